The molecule has 3 rings (SSSR count). The van der Waals surface area contributed by atoms with Gasteiger partial charge in [-0.25, -0.2) is 5.43 Å². The van der Waals surface area contributed by atoms with Crippen molar-refractivity contribution in [1.82, 2.24) is 5.43 Å². The van der Waals surface area contributed by atoms with Gasteiger partial charge in [-0.15, -0.1) is 0 Å². The topological polar surface area (TPSA) is 71.0 Å². The summed E-state index contributed by atoms with van der Waals surface area (Å²) in [6, 6.07) is 12.2. The van der Waals surface area contributed by atoms with Gasteiger partial charge in [-0.1, -0.05) is 29.3 Å². The van der Waals surface area contributed by atoms with E-state index in [0.717, 1.165) is 5.69 Å². The zero-order valence-corrected chi connectivity index (χ0v) is 16.0. The molecule has 2 aromatic rings. The van der Waals surface area contributed by atoms with Gasteiger partial charge < -0.3 is 9.64 Å². The Bertz CT molecular complexity index is 864. The molecule has 2 aromatic carbocycles. The van der Waals surface area contributed by atoms with Crippen LogP contribution in [-0.2, 0) is 9.59 Å². The van der Waals surface area contributed by atoms with Gasteiger partial charge in [0.05, 0.1) is 29.3 Å². The molecule has 1 saturated heterocycles. The van der Waals surface area contributed by atoms with Crippen LogP contribution in [0.1, 0.15) is 12.0 Å². The van der Waals surface area contributed by atoms with Gasteiger partial charge in [-0.3, -0.25) is 9.59 Å². The number of methoxy groups -OCH3 is 1. The summed E-state index contributed by atoms with van der Waals surface area (Å²) in [5.74, 6) is -0.233. The third-order valence-corrected chi connectivity index (χ3v) is 4.91. The molecule has 0 aromatic heterocycles. The maximum absolute atomic E-state index is 12.3. The molecule has 0 aliphatic carbocycles. The third-order valence-electron chi connectivity index (χ3n) is 4.25. The van der Waals surface area contributed by atoms with Crippen LogP contribution in [0.4, 0.5) is 5.69 Å². The number of amides is 2. The van der Waals surface area contributed by atoms with E-state index in [2.05, 4.69) is 10.5 Å². The number of anilines is 1. The van der Waals surface area contributed by atoms with Crippen molar-refractivity contribution in [3.8, 4) is 5.75 Å². The molecular formula is C19H17Cl2N3O3. The number of carbonyl (C=O) groups is 2. The van der Waals surface area contributed by atoms with Crippen molar-refractivity contribution in [3.05, 3.63) is 58.1 Å². The fraction of sp³-hybridized carbons (Fsp3) is 0.211. The van der Waals surface area contributed by atoms with Crippen LogP contribution in [-0.4, -0.2) is 31.7 Å². The lowest BCUT2D eigenvalue weighted by atomic mass is 10.1. The van der Waals surface area contributed by atoms with E-state index in [0.29, 0.717) is 27.9 Å². The lowest BCUT2D eigenvalue weighted by Gasteiger charge is -2.16. The van der Waals surface area contributed by atoms with Gasteiger partial charge >= 0.3 is 0 Å². The third kappa shape index (κ3) is 4.40. The van der Waals surface area contributed by atoms with Crippen molar-refractivity contribution in [1.29, 1.82) is 0 Å². The van der Waals surface area contributed by atoms with Crippen molar-refractivity contribution in [2.75, 3.05) is 18.6 Å². The minimum atomic E-state index is -0.488. The molecule has 1 fully saturated rings. The molecule has 0 bridgehead atoms. The lowest BCUT2D eigenvalue weighted by Crippen LogP contribution is -2.30. The molecule has 1 N–H and O–H groups in total. The number of nitrogens with one attached hydrogen (secondary N) is 1. The monoisotopic (exact) mass is 405 g/mol. The Balaban J connectivity index is 1.62. The second kappa shape index (κ2) is 8.41. The first kappa shape index (κ1) is 19.2. The summed E-state index contributed by atoms with van der Waals surface area (Å²) in [6.45, 7) is 0.291. The van der Waals surface area contributed by atoms with Crippen LogP contribution in [0.25, 0.3) is 0 Å². The molecule has 0 radical (unpaired) electrons. The van der Waals surface area contributed by atoms with E-state index in [1.54, 1.807) is 54.5 Å². The first-order valence-corrected chi connectivity index (χ1v) is 8.96. The van der Waals surface area contributed by atoms with Crippen molar-refractivity contribution < 1.29 is 14.3 Å². The minimum absolute atomic E-state index is 0.113. The predicted molar refractivity (Wildman–Crippen MR) is 106 cm³/mol. The summed E-state index contributed by atoms with van der Waals surface area (Å²) in [6.07, 6.45) is 1.51. The van der Waals surface area contributed by atoms with Crippen LogP contribution < -0.4 is 15.1 Å². The van der Waals surface area contributed by atoms with Crippen LogP contribution in [0, 0.1) is 5.92 Å². The average molecular weight is 406 g/mol. The average Bonchev–Trinajstić information content (AvgIpc) is 3.06. The van der Waals surface area contributed by atoms with Gasteiger partial charge in [-0.05, 0) is 36.4 Å². The Morgan fingerprint density at radius 1 is 1.22 bits per heavy atom. The standard InChI is InChI=1S/C19H17Cl2N3O3/c1-27-14-7-5-13(6-8-14)24-11-12(9-18(24)25)19(26)23-22-10-15-16(20)3-2-4-17(15)21/h2-8,10,12H,9,11H2,1H3,(H,23,26)/b22-10+. The Morgan fingerprint density at radius 2 is 1.89 bits per heavy atom. The number of hydrogen-bond acceptors (Lipinski definition) is 4. The van der Waals surface area contributed by atoms with Crippen molar-refractivity contribution in [3.63, 3.8) is 0 Å². The Labute approximate surface area is 166 Å². The molecule has 2 amide bonds. The molecule has 27 heavy (non-hydrogen) atoms. The number of nitrogens with zero attached hydrogens (tertiary/aromatic N) is 2. The second-order valence-corrected chi connectivity index (χ2v) is 6.79. The fourth-order valence-electron chi connectivity index (χ4n) is 2.78. The highest BCUT2D eigenvalue weighted by atomic mass is 35.5. The summed E-state index contributed by atoms with van der Waals surface area (Å²) in [7, 11) is 1.58. The van der Waals surface area contributed by atoms with Crippen molar-refractivity contribution >= 4 is 46.9 Å². The van der Waals surface area contributed by atoms with Gasteiger partial charge in [0.25, 0.3) is 0 Å². The maximum atomic E-state index is 12.3. The number of rotatable bonds is 5. The first-order valence-electron chi connectivity index (χ1n) is 8.21. The normalized spacial score (nSPS) is 16.8. The summed E-state index contributed by atoms with van der Waals surface area (Å²) >= 11 is 12.1. The van der Waals surface area contributed by atoms with E-state index >= 15 is 0 Å². The van der Waals surface area contributed by atoms with Gasteiger partial charge in [-0.2, -0.15) is 5.10 Å². The molecule has 0 spiro atoms. The molecule has 6 nitrogen and oxygen atoms in total. The number of carbonyl (C=O) groups excluding carboxylic acids is 2. The number of hydrogen-bond donors (Lipinski definition) is 1. The molecule has 1 heterocycles. The molecule has 0 saturated carbocycles. The molecule has 1 atom stereocenters. The number of halogens is 2. The summed E-state index contributed by atoms with van der Waals surface area (Å²) in [4.78, 5) is 26.2. The van der Waals surface area contributed by atoms with E-state index in [1.165, 1.54) is 6.21 Å². The smallest absolute Gasteiger partial charge is 0.245 e. The highest BCUT2D eigenvalue weighted by Crippen LogP contribution is 2.27. The van der Waals surface area contributed by atoms with E-state index in [4.69, 9.17) is 27.9 Å². The quantitative estimate of drug-likeness (QED) is 0.610. The van der Waals surface area contributed by atoms with Gasteiger partial charge in [0.15, 0.2) is 0 Å². The molecule has 1 aliphatic rings. The Kier molecular flexibility index (Phi) is 5.98. The van der Waals surface area contributed by atoms with E-state index in [-0.39, 0.29) is 18.2 Å². The van der Waals surface area contributed by atoms with Crippen LogP contribution in [0.15, 0.2) is 47.6 Å². The van der Waals surface area contributed by atoms with Crippen LogP contribution in [0.2, 0.25) is 10.0 Å². The van der Waals surface area contributed by atoms with Gasteiger partial charge in [0.2, 0.25) is 11.8 Å². The summed E-state index contributed by atoms with van der Waals surface area (Å²) in [5, 5.41) is 4.78. The van der Waals surface area contributed by atoms with Gasteiger partial charge in [0, 0.05) is 24.2 Å². The fourth-order valence-corrected chi connectivity index (χ4v) is 3.28. The molecule has 1 aliphatic heterocycles. The second-order valence-electron chi connectivity index (χ2n) is 5.97. The van der Waals surface area contributed by atoms with Crippen LogP contribution >= 0.6 is 23.2 Å². The summed E-state index contributed by atoms with van der Waals surface area (Å²) < 4.78 is 5.11. The first-order chi connectivity index (χ1) is 13.0. The van der Waals surface area contributed by atoms with Gasteiger partial charge in [0.1, 0.15) is 5.75 Å². The summed E-state index contributed by atoms with van der Waals surface area (Å²) in [5.41, 5.74) is 3.69. The molecular weight excluding hydrogens is 389 g/mol. The number of benzene rings is 2. The number of ether oxygens (including phenoxy) is 1. The highest BCUT2D eigenvalue weighted by Gasteiger charge is 2.35. The van der Waals surface area contributed by atoms with Crippen LogP contribution in [0.5, 0.6) is 5.75 Å². The van der Waals surface area contributed by atoms with Crippen molar-refractivity contribution in [2.24, 2.45) is 11.0 Å². The zero-order chi connectivity index (χ0) is 19.4. The Morgan fingerprint density at radius 3 is 2.52 bits per heavy atom. The Hall–Kier alpha value is -2.57. The lowest BCUT2D eigenvalue weighted by molar-refractivity contribution is -0.126. The van der Waals surface area contributed by atoms with E-state index in [1.807, 2.05) is 0 Å². The van der Waals surface area contributed by atoms with E-state index < -0.39 is 5.92 Å². The predicted octanol–water partition coefficient (Wildman–Crippen LogP) is 3.51. The maximum Gasteiger partial charge on any atom is 0.245 e. The zero-order valence-electron chi connectivity index (χ0n) is 14.5. The minimum Gasteiger partial charge on any atom is -0.497 e. The van der Waals surface area contributed by atoms with E-state index in [9.17, 15) is 9.59 Å². The SMILES string of the molecule is COc1ccc(N2CC(C(=O)N/N=C/c3c(Cl)cccc3Cl)CC2=O)cc1. The molecule has 1 unspecified atom stereocenters. The number of hydrazone groups is 1. The largest absolute Gasteiger partial charge is 0.497 e. The van der Waals surface area contributed by atoms with Crippen molar-refractivity contribution in [2.45, 2.75) is 6.42 Å². The molecule has 140 valence electrons. The highest BCUT2D eigenvalue weighted by molar-refractivity contribution is 6.38. The molecule has 8 heteroatoms. The van der Waals surface area contributed by atoms with Crippen LogP contribution in [0.3, 0.4) is 0 Å².